The monoisotopic (exact) mass is 226 g/mol. The molecule has 0 radical (unpaired) electrons. The van der Waals surface area contributed by atoms with Gasteiger partial charge in [-0.3, -0.25) is 0 Å². The Morgan fingerprint density at radius 1 is 0.643 bits per heavy atom. The van der Waals surface area contributed by atoms with Gasteiger partial charge in [-0.15, -0.1) is 0 Å². The third-order valence-electron chi connectivity index (χ3n) is 2.51. The van der Waals surface area contributed by atoms with Crippen LogP contribution in [0.15, 0.2) is 0 Å². The Morgan fingerprint density at radius 2 is 1.00 bits per heavy atom. The van der Waals surface area contributed by atoms with Crippen molar-refractivity contribution in [1.82, 2.24) is 0 Å². The van der Waals surface area contributed by atoms with Gasteiger partial charge in [0.15, 0.2) is 0 Å². The Morgan fingerprint density at radius 3 is 1.36 bits per heavy atom. The van der Waals surface area contributed by atoms with Gasteiger partial charge in [0.1, 0.15) is 0 Å². The van der Waals surface area contributed by atoms with Gasteiger partial charge in [-0.1, -0.05) is 64.7 Å². The van der Waals surface area contributed by atoms with Crippen LogP contribution in [0.5, 0.6) is 0 Å². The van der Waals surface area contributed by atoms with Crippen LogP contribution < -0.4 is 0 Å². The molecule has 14 heavy (non-hydrogen) atoms. The zero-order valence-electron chi connectivity index (χ0n) is 9.23. The van der Waals surface area contributed by atoms with Crippen LogP contribution in [0, 0.1) is 0 Å². The van der Waals surface area contributed by atoms with Gasteiger partial charge in [0.2, 0.25) is 0 Å². The molecule has 0 fully saturated rings. The van der Waals surface area contributed by atoms with Crippen LogP contribution in [0.3, 0.4) is 0 Å². The van der Waals surface area contributed by atoms with E-state index in [4.69, 9.17) is 0 Å². The third kappa shape index (κ3) is 15.8. The number of thiol groups is 1. The summed E-state index contributed by atoms with van der Waals surface area (Å²) in [6.07, 6.45) is 14.2. The second-order valence-electron chi connectivity index (χ2n) is 3.91. The van der Waals surface area contributed by atoms with Crippen molar-refractivity contribution in [3.63, 3.8) is 0 Å². The first-order valence-electron chi connectivity index (χ1n) is 6.02. The van der Waals surface area contributed by atoms with E-state index >= 15 is 0 Å². The van der Waals surface area contributed by atoms with Gasteiger partial charge in [-0.2, -0.15) is 12.6 Å². The van der Waals surface area contributed by atoms with Crippen molar-refractivity contribution >= 4 is 42.2 Å². The first-order valence-corrected chi connectivity index (χ1v) is 6.66. The molecule has 0 atom stereocenters. The predicted molar refractivity (Wildman–Crippen MR) is 72.8 cm³/mol. The Kier molecular flexibility index (Phi) is 21.2. The average molecular weight is 226 g/mol. The second kappa shape index (κ2) is 16.8. The Labute approximate surface area is 118 Å². The molecule has 0 aliphatic carbocycles. The molecule has 0 aromatic heterocycles. The van der Waals surface area contributed by atoms with E-state index in [0.717, 1.165) is 5.75 Å². The molecule has 82 valence electrons. The molecule has 0 aromatic carbocycles. The van der Waals surface area contributed by atoms with Gasteiger partial charge in [-0.25, -0.2) is 0 Å². The van der Waals surface area contributed by atoms with Crippen molar-refractivity contribution in [3.05, 3.63) is 0 Å². The minimum atomic E-state index is 0. The average Bonchev–Trinajstić information content (AvgIpc) is 2.16. The van der Waals surface area contributed by atoms with E-state index in [1.807, 2.05) is 0 Å². The molecule has 0 aliphatic heterocycles. The van der Waals surface area contributed by atoms with Crippen LogP contribution in [-0.2, 0) is 0 Å². The summed E-state index contributed by atoms with van der Waals surface area (Å²) in [5.41, 5.74) is 0. The molecule has 0 saturated heterocycles. The Bertz CT molecular complexity index is 76.4. The maximum atomic E-state index is 4.20. The molecular weight excluding hydrogens is 199 g/mol. The number of unbranched alkanes of at least 4 members (excludes halogenated alkanes) is 9. The summed E-state index contributed by atoms with van der Waals surface area (Å²) in [5, 5.41) is 0. The van der Waals surface area contributed by atoms with Gasteiger partial charge in [0, 0.05) is 0 Å². The summed E-state index contributed by atoms with van der Waals surface area (Å²) in [6, 6.07) is 0. The number of hydrogen-bond donors (Lipinski definition) is 1. The summed E-state index contributed by atoms with van der Waals surface area (Å²) in [6.45, 7) is 2.28. The number of rotatable bonds is 10. The van der Waals surface area contributed by atoms with E-state index in [1.165, 1.54) is 64.2 Å². The van der Waals surface area contributed by atoms with E-state index in [-0.39, 0.29) is 29.6 Å². The van der Waals surface area contributed by atoms with Crippen LogP contribution in [0.2, 0.25) is 0 Å². The summed E-state index contributed by atoms with van der Waals surface area (Å²) in [4.78, 5) is 0. The summed E-state index contributed by atoms with van der Waals surface area (Å²) in [5.74, 6) is 1.07. The van der Waals surface area contributed by atoms with Crippen LogP contribution in [0.1, 0.15) is 71.1 Å². The molecule has 0 heterocycles. The molecule has 0 aliphatic rings. The summed E-state index contributed by atoms with van der Waals surface area (Å²) < 4.78 is 0. The van der Waals surface area contributed by atoms with Gasteiger partial charge >= 0.3 is 29.6 Å². The fourth-order valence-electron chi connectivity index (χ4n) is 1.60. The van der Waals surface area contributed by atoms with Crippen molar-refractivity contribution in [2.24, 2.45) is 0 Å². The fourth-order valence-corrected chi connectivity index (χ4v) is 1.82. The molecule has 0 unspecified atom stereocenters. The fraction of sp³-hybridized carbons (Fsp3) is 1.00. The van der Waals surface area contributed by atoms with Gasteiger partial charge in [0.25, 0.3) is 0 Å². The van der Waals surface area contributed by atoms with E-state index < -0.39 is 0 Å². The van der Waals surface area contributed by atoms with E-state index in [0.29, 0.717) is 0 Å². The molecule has 0 rings (SSSR count). The van der Waals surface area contributed by atoms with Crippen molar-refractivity contribution in [2.75, 3.05) is 5.75 Å². The molecule has 0 amide bonds. The molecule has 0 N–H and O–H groups in total. The van der Waals surface area contributed by atoms with Crippen molar-refractivity contribution in [1.29, 1.82) is 0 Å². The van der Waals surface area contributed by atoms with Crippen LogP contribution in [0.25, 0.3) is 0 Å². The zero-order chi connectivity index (χ0) is 9.78. The third-order valence-corrected chi connectivity index (χ3v) is 2.83. The van der Waals surface area contributed by atoms with Gasteiger partial charge in [-0.05, 0) is 12.2 Å². The molecule has 2 heteroatoms. The maximum absolute atomic E-state index is 4.20. The predicted octanol–water partition coefficient (Wildman–Crippen LogP) is 4.19. The van der Waals surface area contributed by atoms with Gasteiger partial charge in [0.05, 0.1) is 0 Å². The zero-order valence-corrected chi connectivity index (χ0v) is 10.1. The van der Waals surface area contributed by atoms with Crippen molar-refractivity contribution < 1.29 is 0 Å². The summed E-state index contributed by atoms with van der Waals surface area (Å²) >= 11 is 4.20. The minimum absolute atomic E-state index is 0. The number of hydrogen-bond acceptors (Lipinski definition) is 1. The van der Waals surface area contributed by atoms with Crippen molar-refractivity contribution in [2.45, 2.75) is 71.1 Å². The molecule has 0 aromatic rings. The second-order valence-corrected chi connectivity index (χ2v) is 4.35. The molecule has 0 spiro atoms. The quantitative estimate of drug-likeness (QED) is 0.322. The van der Waals surface area contributed by atoms with Crippen LogP contribution in [0.4, 0.5) is 0 Å². The van der Waals surface area contributed by atoms with Crippen molar-refractivity contribution in [3.8, 4) is 0 Å². The standard InChI is InChI=1S/C12H26S.Na.H/c1-2-3-4-5-6-7-8-9-10-11-12-13;;/h13H,2-12H2,1H3;;. The van der Waals surface area contributed by atoms with E-state index in [9.17, 15) is 0 Å². The normalized spacial score (nSPS) is 9.86. The summed E-state index contributed by atoms with van der Waals surface area (Å²) in [7, 11) is 0. The topological polar surface area (TPSA) is 0 Å². The first kappa shape index (κ1) is 17.7. The van der Waals surface area contributed by atoms with Gasteiger partial charge < -0.3 is 0 Å². The SMILES string of the molecule is CCCCCCCCCCCCS.[NaH]. The molecule has 0 nitrogen and oxygen atoms in total. The molecule has 0 saturated carbocycles. The Balaban J connectivity index is 0. The molecule has 0 bridgehead atoms. The van der Waals surface area contributed by atoms with E-state index in [1.54, 1.807) is 0 Å². The van der Waals surface area contributed by atoms with Crippen LogP contribution in [-0.4, -0.2) is 35.3 Å². The molecular formula is C12H27NaS. The Hall–Kier alpha value is 1.35. The van der Waals surface area contributed by atoms with E-state index in [2.05, 4.69) is 19.6 Å². The van der Waals surface area contributed by atoms with Crippen LogP contribution >= 0.6 is 12.6 Å². The first-order chi connectivity index (χ1) is 6.41.